The van der Waals surface area contributed by atoms with E-state index < -0.39 is 23.7 Å². The lowest BCUT2D eigenvalue weighted by Gasteiger charge is -2.24. The minimum atomic E-state index is -1.12. The minimum absolute atomic E-state index is 0.00285. The van der Waals surface area contributed by atoms with Gasteiger partial charge in [-0.3, -0.25) is 14.5 Å². The zero-order chi connectivity index (χ0) is 35.9. The Bertz CT molecular complexity index is 1930. The van der Waals surface area contributed by atoms with Crippen molar-refractivity contribution in [2.24, 2.45) is 5.92 Å². The summed E-state index contributed by atoms with van der Waals surface area (Å²) in [6, 6.07) is 18.5. The van der Waals surface area contributed by atoms with Gasteiger partial charge in [0.1, 0.15) is 29.6 Å². The van der Waals surface area contributed by atoms with Gasteiger partial charge in [-0.05, 0) is 79.3 Å². The van der Waals surface area contributed by atoms with Gasteiger partial charge in [0.25, 0.3) is 5.78 Å². The van der Waals surface area contributed by atoms with Crippen molar-refractivity contribution in [3.05, 3.63) is 118 Å². The molecule has 0 radical (unpaired) electrons. The van der Waals surface area contributed by atoms with Gasteiger partial charge in [-0.15, -0.1) is 0 Å². The Morgan fingerprint density at radius 1 is 1.04 bits per heavy atom. The third-order valence-electron chi connectivity index (χ3n) is 8.19. The van der Waals surface area contributed by atoms with E-state index in [1.807, 2.05) is 31.2 Å². The number of anilines is 1. The molecule has 2 heterocycles. The predicted molar refractivity (Wildman–Crippen MR) is 192 cm³/mol. The normalized spacial score (nSPS) is 15.3. The number of carbonyl (C=O) groups is 3. The zero-order valence-corrected chi connectivity index (χ0v) is 29.5. The molecule has 0 saturated carbocycles. The summed E-state index contributed by atoms with van der Waals surface area (Å²) in [5.41, 5.74) is 3.09. The van der Waals surface area contributed by atoms with E-state index in [2.05, 4.69) is 25.4 Å². The van der Waals surface area contributed by atoms with Crippen LogP contribution in [0.2, 0.25) is 0 Å². The number of aliphatic hydroxyl groups is 1. The van der Waals surface area contributed by atoms with Gasteiger partial charge < -0.3 is 24.1 Å². The summed E-state index contributed by atoms with van der Waals surface area (Å²) in [4.78, 5) is 46.3. The molecule has 1 atom stereocenters. The highest BCUT2D eigenvalue weighted by Crippen LogP contribution is 2.45. The van der Waals surface area contributed by atoms with E-state index in [4.69, 9.17) is 18.9 Å². The van der Waals surface area contributed by atoms with Crippen molar-refractivity contribution in [1.29, 1.82) is 0 Å². The number of rotatable bonds is 14. The van der Waals surface area contributed by atoms with Crippen LogP contribution < -0.4 is 19.1 Å². The summed E-state index contributed by atoms with van der Waals surface area (Å²) in [5.74, 6) is -0.949. The topological polar surface area (TPSA) is 124 Å². The Hall–Kier alpha value is -5.42. The lowest BCUT2D eigenvalue weighted by molar-refractivity contribution is -0.132. The molecule has 1 saturated heterocycles. The number of esters is 1. The summed E-state index contributed by atoms with van der Waals surface area (Å²) in [6.07, 6.45) is 2.28. The van der Waals surface area contributed by atoms with Gasteiger partial charge >= 0.3 is 11.9 Å². The molecule has 50 heavy (non-hydrogen) atoms. The number of hydrogen-bond donors (Lipinski definition) is 1. The Labute approximate surface area is 295 Å². The Kier molecular flexibility index (Phi) is 11.4. The molecule has 260 valence electrons. The van der Waals surface area contributed by atoms with Crippen molar-refractivity contribution in [3.63, 3.8) is 0 Å². The van der Waals surface area contributed by atoms with E-state index in [1.165, 1.54) is 18.1 Å². The molecule has 10 nitrogen and oxygen atoms in total. The lowest BCUT2D eigenvalue weighted by atomic mass is 9.95. The van der Waals surface area contributed by atoms with E-state index in [9.17, 15) is 19.5 Å². The van der Waals surface area contributed by atoms with E-state index in [1.54, 1.807) is 49.4 Å². The van der Waals surface area contributed by atoms with Gasteiger partial charge in [0.2, 0.25) is 0 Å². The molecule has 1 fully saturated rings. The second-order valence-electron chi connectivity index (χ2n) is 12.1. The molecular weight excluding hydrogens is 657 g/mol. The molecule has 0 bridgehead atoms. The smallest absolute Gasteiger partial charge is 0.350 e. The molecule has 1 amide bonds. The SMILES string of the molecule is C=CCOC(=O)c1sc(N2C(=O)C(=O)/C(=C(/O)c3ccc(OCc4ccccc4C)cc3)C2c2ccc(OCCC(C)C)c(OC)c2)nc1C. The van der Waals surface area contributed by atoms with Crippen LogP contribution in [-0.2, 0) is 20.9 Å². The van der Waals surface area contributed by atoms with Gasteiger partial charge in [-0.1, -0.05) is 68.2 Å². The van der Waals surface area contributed by atoms with Gasteiger partial charge in [0, 0.05) is 5.56 Å². The summed E-state index contributed by atoms with van der Waals surface area (Å²) in [5, 5.41) is 11.8. The number of methoxy groups -OCH3 is 1. The van der Waals surface area contributed by atoms with Crippen molar-refractivity contribution >= 4 is 39.9 Å². The maximum Gasteiger partial charge on any atom is 0.350 e. The van der Waals surface area contributed by atoms with Crippen molar-refractivity contribution in [1.82, 2.24) is 4.98 Å². The molecule has 11 heteroatoms. The number of ketones is 1. The number of Topliss-reactive ketones (excluding diaryl/α,β-unsaturated/α-hetero) is 1. The standard InChI is InChI=1S/C39H40N2O8S/c1-7-19-48-38(45)36-25(5)40-39(50-36)41-33(27-14-17-30(31(21-27)46-6)47-20-18-23(2)3)32(35(43)37(41)44)34(42)26-12-15-29(16-13-26)49-22-28-11-9-8-10-24(28)4/h7-17,21,23,33,42H,1,18-20,22H2,2-6H3/b34-32+. The molecular formula is C39H40N2O8S. The fraction of sp³-hybridized carbons (Fsp3) is 0.282. The molecule has 1 aromatic heterocycles. The molecule has 0 aliphatic carbocycles. The van der Waals surface area contributed by atoms with Crippen molar-refractivity contribution < 1.29 is 38.4 Å². The highest BCUT2D eigenvalue weighted by molar-refractivity contribution is 7.17. The van der Waals surface area contributed by atoms with Crippen LogP contribution in [0.25, 0.3) is 5.76 Å². The molecule has 1 N–H and O–H groups in total. The molecule has 1 aliphatic heterocycles. The number of nitrogens with zero attached hydrogens (tertiary/aromatic N) is 2. The Balaban J connectivity index is 1.55. The number of aliphatic hydroxyl groups excluding tert-OH is 1. The zero-order valence-electron chi connectivity index (χ0n) is 28.7. The number of hydrogen-bond acceptors (Lipinski definition) is 10. The fourth-order valence-corrected chi connectivity index (χ4v) is 6.38. The van der Waals surface area contributed by atoms with Crippen LogP contribution in [0.1, 0.15) is 63.9 Å². The van der Waals surface area contributed by atoms with Gasteiger partial charge in [0.05, 0.1) is 31.0 Å². The first-order valence-corrected chi connectivity index (χ1v) is 17.0. The number of thiazole rings is 1. The molecule has 0 spiro atoms. The summed E-state index contributed by atoms with van der Waals surface area (Å²) in [7, 11) is 1.50. The van der Waals surface area contributed by atoms with Gasteiger partial charge in [-0.2, -0.15) is 0 Å². The van der Waals surface area contributed by atoms with Gasteiger partial charge in [0.15, 0.2) is 16.6 Å². The van der Waals surface area contributed by atoms with Crippen LogP contribution >= 0.6 is 11.3 Å². The van der Waals surface area contributed by atoms with Crippen molar-refractivity contribution in [2.45, 2.75) is 46.8 Å². The van der Waals surface area contributed by atoms with Crippen molar-refractivity contribution in [3.8, 4) is 17.2 Å². The van der Waals surface area contributed by atoms with Crippen LogP contribution in [0, 0.1) is 19.8 Å². The average molecular weight is 697 g/mol. The molecule has 1 unspecified atom stereocenters. The number of carbonyl (C=O) groups excluding carboxylic acids is 3. The average Bonchev–Trinajstić information content (AvgIpc) is 3.62. The van der Waals surface area contributed by atoms with Gasteiger partial charge in [-0.25, -0.2) is 9.78 Å². The van der Waals surface area contributed by atoms with E-state index in [0.717, 1.165) is 28.9 Å². The maximum atomic E-state index is 13.8. The third-order valence-corrected chi connectivity index (χ3v) is 9.33. The van der Waals surface area contributed by atoms with E-state index >= 15 is 0 Å². The third kappa shape index (κ3) is 7.73. The lowest BCUT2D eigenvalue weighted by Crippen LogP contribution is -2.29. The Morgan fingerprint density at radius 3 is 2.46 bits per heavy atom. The number of aromatic nitrogens is 1. The van der Waals surface area contributed by atoms with Crippen LogP contribution in [0.3, 0.4) is 0 Å². The first-order chi connectivity index (χ1) is 24.0. The second kappa shape index (κ2) is 15.9. The quantitative estimate of drug-likeness (QED) is 0.0463. The van der Waals surface area contributed by atoms with E-state index in [-0.39, 0.29) is 27.9 Å². The predicted octanol–water partition coefficient (Wildman–Crippen LogP) is 7.74. The fourth-order valence-electron chi connectivity index (χ4n) is 5.40. The highest BCUT2D eigenvalue weighted by Gasteiger charge is 2.48. The summed E-state index contributed by atoms with van der Waals surface area (Å²) in [6.45, 7) is 12.2. The van der Waals surface area contributed by atoms with Crippen LogP contribution in [0.15, 0.2) is 85.0 Å². The minimum Gasteiger partial charge on any atom is -0.507 e. The molecule has 1 aliphatic rings. The van der Waals surface area contributed by atoms with Crippen LogP contribution in [0.5, 0.6) is 17.2 Å². The van der Waals surface area contributed by atoms with Crippen molar-refractivity contribution in [2.75, 3.05) is 25.2 Å². The van der Waals surface area contributed by atoms with Crippen LogP contribution in [-0.4, -0.2) is 48.1 Å². The second-order valence-corrected chi connectivity index (χ2v) is 13.1. The number of aryl methyl sites for hydroxylation is 2. The number of benzene rings is 3. The largest absolute Gasteiger partial charge is 0.507 e. The van der Waals surface area contributed by atoms with E-state index in [0.29, 0.717) is 53.2 Å². The first-order valence-electron chi connectivity index (χ1n) is 16.2. The number of ether oxygens (including phenoxy) is 4. The Morgan fingerprint density at radius 2 is 1.78 bits per heavy atom. The summed E-state index contributed by atoms with van der Waals surface area (Å²) < 4.78 is 22.8. The first kappa shape index (κ1) is 35.9. The molecule has 3 aromatic carbocycles. The maximum absolute atomic E-state index is 13.8. The monoisotopic (exact) mass is 696 g/mol. The summed E-state index contributed by atoms with van der Waals surface area (Å²) >= 11 is 0.919. The number of amides is 1. The molecule has 4 aromatic rings. The highest BCUT2D eigenvalue weighted by atomic mass is 32.1. The molecule has 5 rings (SSSR count). The van der Waals surface area contributed by atoms with Crippen LogP contribution in [0.4, 0.5) is 5.13 Å².